The minimum atomic E-state index is -1.75. The number of ether oxygens (including phenoxy) is 5. The van der Waals surface area contributed by atoms with Crippen molar-refractivity contribution in [3.8, 4) is 0 Å². The monoisotopic (exact) mass is 472 g/mol. The molecule has 0 unspecified atom stereocenters. The first kappa shape index (κ1) is 26.1. The number of hydrogen-bond donors (Lipinski definition) is 9. The molecular weight excluding hydrogens is 440 g/mol. The molecule has 0 aromatic rings. The van der Waals surface area contributed by atoms with E-state index in [1.807, 2.05) is 0 Å². The highest BCUT2D eigenvalue weighted by Crippen LogP contribution is 2.32. The van der Waals surface area contributed by atoms with Gasteiger partial charge in [0.05, 0.1) is 18.8 Å². The zero-order valence-electron chi connectivity index (χ0n) is 17.4. The minimum Gasteiger partial charge on any atom is -0.394 e. The van der Waals surface area contributed by atoms with Gasteiger partial charge in [0, 0.05) is 0 Å². The maximum atomic E-state index is 10.5. The Labute approximate surface area is 183 Å². The van der Waals surface area contributed by atoms with Crippen LogP contribution in [0.1, 0.15) is 13.8 Å². The summed E-state index contributed by atoms with van der Waals surface area (Å²) >= 11 is 0. The summed E-state index contributed by atoms with van der Waals surface area (Å²) in [4.78, 5) is 0. The molecule has 15 atom stereocenters. The summed E-state index contributed by atoms with van der Waals surface area (Å²) in [6.07, 6.45) is -22.3. The molecule has 0 aliphatic carbocycles. The van der Waals surface area contributed by atoms with Gasteiger partial charge < -0.3 is 69.6 Å². The highest BCUT2D eigenvalue weighted by Gasteiger charge is 2.52. The third kappa shape index (κ3) is 4.94. The molecule has 188 valence electrons. The third-order valence-corrected chi connectivity index (χ3v) is 6.01. The summed E-state index contributed by atoms with van der Waals surface area (Å²) < 4.78 is 27.2. The fourth-order valence-electron chi connectivity index (χ4n) is 3.96. The Morgan fingerprint density at radius 1 is 0.562 bits per heavy atom. The van der Waals surface area contributed by atoms with Crippen molar-refractivity contribution in [2.24, 2.45) is 0 Å². The maximum Gasteiger partial charge on any atom is 0.187 e. The van der Waals surface area contributed by atoms with E-state index < -0.39 is 98.7 Å². The van der Waals surface area contributed by atoms with E-state index in [9.17, 15) is 46.0 Å². The van der Waals surface area contributed by atoms with Crippen LogP contribution in [0.3, 0.4) is 0 Å². The van der Waals surface area contributed by atoms with Crippen LogP contribution in [-0.2, 0) is 23.7 Å². The van der Waals surface area contributed by atoms with Gasteiger partial charge in [0.1, 0.15) is 61.0 Å². The maximum absolute atomic E-state index is 10.5. The lowest BCUT2D eigenvalue weighted by Crippen LogP contribution is -2.65. The summed E-state index contributed by atoms with van der Waals surface area (Å²) in [5.74, 6) is 0. The number of hydrogen-bond acceptors (Lipinski definition) is 14. The topological polar surface area (TPSA) is 228 Å². The standard InChI is InChI=1S/C18H32O14/c1-4-7(20)9(22)11(24)17(29-4)32-15-13(26)16(27)28-5(2)14(15)31-18-12(25)10(23)8(21)6(3-19)30-18/h4-27H,3H2,1-2H3/t4-,5-,6+,7+,8+,9+,10-,11-,12-,13+,14-,15-,16+,17+,18+/m0/s1. The Morgan fingerprint density at radius 2 is 1.09 bits per heavy atom. The van der Waals surface area contributed by atoms with E-state index in [-0.39, 0.29) is 0 Å². The quantitative estimate of drug-likeness (QED) is 0.182. The summed E-state index contributed by atoms with van der Waals surface area (Å²) in [6.45, 7) is 2.18. The van der Waals surface area contributed by atoms with Gasteiger partial charge in [-0.25, -0.2) is 0 Å². The van der Waals surface area contributed by atoms with E-state index in [0.717, 1.165) is 0 Å². The van der Waals surface area contributed by atoms with E-state index in [4.69, 9.17) is 23.7 Å². The predicted octanol–water partition coefficient (Wildman–Crippen LogP) is -5.52. The molecule has 0 spiro atoms. The lowest BCUT2D eigenvalue weighted by Gasteiger charge is -2.48. The number of rotatable bonds is 5. The summed E-state index contributed by atoms with van der Waals surface area (Å²) in [6, 6.07) is 0. The van der Waals surface area contributed by atoms with Crippen LogP contribution in [0.25, 0.3) is 0 Å². The summed E-state index contributed by atoms with van der Waals surface area (Å²) in [5, 5.41) is 90.0. The van der Waals surface area contributed by atoms with E-state index in [2.05, 4.69) is 0 Å². The van der Waals surface area contributed by atoms with Crippen molar-refractivity contribution in [3.05, 3.63) is 0 Å². The van der Waals surface area contributed by atoms with Crippen LogP contribution < -0.4 is 0 Å². The molecule has 3 rings (SSSR count). The molecule has 0 bridgehead atoms. The van der Waals surface area contributed by atoms with Crippen molar-refractivity contribution in [3.63, 3.8) is 0 Å². The Balaban J connectivity index is 1.79. The highest BCUT2D eigenvalue weighted by molar-refractivity contribution is 4.95. The first-order valence-electron chi connectivity index (χ1n) is 10.3. The van der Waals surface area contributed by atoms with Crippen LogP contribution in [0.2, 0.25) is 0 Å². The molecule has 3 fully saturated rings. The predicted molar refractivity (Wildman–Crippen MR) is 98.4 cm³/mol. The van der Waals surface area contributed by atoms with Gasteiger partial charge in [-0.15, -0.1) is 0 Å². The highest BCUT2D eigenvalue weighted by atomic mass is 16.8. The molecule has 0 aromatic heterocycles. The van der Waals surface area contributed by atoms with Crippen molar-refractivity contribution in [1.29, 1.82) is 0 Å². The molecule has 0 saturated carbocycles. The molecule has 3 aliphatic heterocycles. The molecule has 0 amide bonds. The number of aliphatic hydroxyl groups is 9. The van der Waals surface area contributed by atoms with Crippen molar-refractivity contribution < 1.29 is 69.6 Å². The minimum absolute atomic E-state index is 0.691. The molecule has 14 nitrogen and oxygen atoms in total. The fourth-order valence-corrected chi connectivity index (χ4v) is 3.96. The third-order valence-electron chi connectivity index (χ3n) is 6.01. The SMILES string of the molecule is C[C@@H]1O[C@H](O[C@H]2[C@@H](O)[C@H](O)O[C@@H](C)[C@@H]2O[C@H]2O[C@H](CO)[C@@H](O)[C@H](O)[C@@H]2O)[C@@H](O)[C@H](O)[C@@H]1O. The smallest absolute Gasteiger partial charge is 0.187 e. The lowest BCUT2D eigenvalue weighted by atomic mass is 9.96. The fraction of sp³-hybridized carbons (Fsp3) is 1.00. The van der Waals surface area contributed by atoms with Gasteiger partial charge in [0.2, 0.25) is 0 Å². The van der Waals surface area contributed by atoms with Crippen LogP contribution in [0.5, 0.6) is 0 Å². The van der Waals surface area contributed by atoms with Crippen molar-refractivity contribution in [2.75, 3.05) is 6.61 Å². The Hall–Kier alpha value is -0.560. The zero-order valence-corrected chi connectivity index (χ0v) is 17.4. The average Bonchev–Trinajstić information content (AvgIpc) is 2.76. The van der Waals surface area contributed by atoms with Crippen LogP contribution in [0, 0.1) is 0 Å². The molecule has 3 heterocycles. The Kier molecular flexibility index (Phi) is 8.44. The van der Waals surface area contributed by atoms with Gasteiger partial charge in [-0.3, -0.25) is 0 Å². The van der Waals surface area contributed by atoms with E-state index in [1.54, 1.807) is 0 Å². The molecule has 3 saturated heterocycles. The molecule has 0 aromatic carbocycles. The average molecular weight is 472 g/mol. The van der Waals surface area contributed by atoms with Gasteiger partial charge >= 0.3 is 0 Å². The van der Waals surface area contributed by atoms with Crippen LogP contribution in [0.4, 0.5) is 0 Å². The Bertz CT molecular complexity index is 608. The summed E-state index contributed by atoms with van der Waals surface area (Å²) in [5.41, 5.74) is 0. The molecule has 3 aliphatic rings. The largest absolute Gasteiger partial charge is 0.394 e. The van der Waals surface area contributed by atoms with Crippen molar-refractivity contribution >= 4 is 0 Å². The van der Waals surface area contributed by atoms with E-state index in [0.29, 0.717) is 0 Å². The summed E-state index contributed by atoms with van der Waals surface area (Å²) in [7, 11) is 0. The molecule has 9 N–H and O–H groups in total. The van der Waals surface area contributed by atoms with Crippen molar-refractivity contribution in [1.82, 2.24) is 0 Å². The van der Waals surface area contributed by atoms with Gasteiger partial charge in [-0.1, -0.05) is 0 Å². The normalized spacial score (nSPS) is 55.0. The zero-order chi connectivity index (χ0) is 23.9. The second-order valence-electron chi connectivity index (χ2n) is 8.30. The van der Waals surface area contributed by atoms with Gasteiger partial charge in [0.25, 0.3) is 0 Å². The lowest BCUT2D eigenvalue weighted by molar-refractivity contribution is -0.379. The molecule has 14 heteroatoms. The second-order valence-corrected chi connectivity index (χ2v) is 8.30. The number of aliphatic hydroxyl groups excluding tert-OH is 9. The van der Waals surface area contributed by atoms with Crippen molar-refractivity contribution in [2.45, 2.75) is 106 Å². The second kappa shape index (κ2) is 10.4. The Morgan fingerprint density at radius 3 is 1.69 bits per heavy atom. The molecular formula is C18H32O14. The molecule has 0 radical (unpaired) electrons. The van der Waals surface area contributed by atoms with E-state index >= 15 is 0 Å². The van der Waals surface area contributed by atoms with Gasteiger partial charge in [-0.05, 0) is 13.8 Å². The van der Waals surface area contributed by atoms with E-state index in [1.165, 1.54) is 13.8 Å². The van der Waals surface area contributed by atoms with Crippen LogP contribution in [0.15, 0.2) is 0 Å². The van der Waals surface area contributed by atoms with Crippen LogP contribution >= 0.6 is 0 Å². The van der Waals surface area contributed by atoms with Crippen LogP contribution in [-0.4, -0.2) is 145 Å². The van der Waals surface area contributed by atoms with Gasteiger partial charge in [-0.2, -0.15) is 0 Å². The molecule has 32 heavy (non-hydrogen) atoms. The van der Waals surface area contributed by atoms with Gasteiger partial charge in [0.15, 0.2) is 18.9 Å². The first-order chi connectivity index (χ1) is 15.0. The first-order valence-corrected chi connectivity index (χ1v) is 10.3.